The predicted molar refractivity (Wildman–Crippen MR) is 121 cm³/mol. The number of methoxy groups -OCH3 is 1. The first-order valence-electron chi connectivity index (χ1n) is 9.65. The lowest BCUT2D eigenvalue weighted by Gasteiger charge is -2.13. The summed E-state index contributed by atoms with van der Waals surface area (Å²) < 4.78 is 37.0. The van der Waals surface area contributed by atoms with Gasteiger partial charge in [0.15, 0.2) is 18.1 Å². The maximum atomic E-state index is 12.5. The molecule has 0 saturated carbocycles. The minimum absolute atomic E-state index is 0.0938. The van der Waals surface area contributed by atoms with Gasteiger partial charge in [-0.3, -0.25) is 9.59 Å². The average Bonchev–Trinajstić information content (AvgIpc) is 2.70. The van der Waals surface area contributed by atoms with Gasteiger partial charge >= 0.3 is 0 Å². The number of benzene rings is 2. The van der Waals surface area contributed by atoms with Crippen molar-refractivity contribution in [3.8, 4) is 11.5 Å². The lowest BCUT2D eigenvalue weighted by Crippen LogP contribution is -2.31. The van der Waals surface area contributed by atoms with Crippen molar-refractivity contribution in [3.63, 3.8) is 0 Å². The predicted octanol–water partition coefficient (Wildman–Crippen LogP) is 1.97. The van der Waals surface area contributed by atoms with Crippen molar-refractivity contribution in [1.82, 2.24) is 10.0 Å². The Morgan fingerprint density at radius 1 is 1.12 bits per heavy atom. The van der Waals surface area contributed by atoms with Crippen molar-refractivity contribution in [2.75, 3.05) is 13.7 Å². The minimum atomic E-state index is -3.41. The van der Waals surface area contributed by atoms with Crippen LogP contribution in [0.1, 0.15) is 35.3 Å². The number of ether oxygens (including phenoxy) is 2. The molecule has 174 valence electrons. The van der Waals surface area contributed by atoms with Gasteiger partial charge in [0, 0.05) is 18.2 Å². The largest absolute Gasteiger partial charge is 0.493 e. The molecule has 11 heteroatoms. The van der Waals surface area contributed by atoms with Crippen molar-refractivity contribution >= 4 is 33.4 Å². The third-order valence-electron chi connectivity index (χ3n) is 4.10. The molecule has 0 aliphatic rings. The van der Waals surface area contributed by atoms with E-state index >= 15 is 0 Å². The molecule has 2 aromatic carbocycles. The van der Waals surface area contributed by atoms with Crippen LogP contribution in [-0.2, 0) is 27.1 Å². The summed E-state index contributed by atoms with van der Waals surface area (Å²) in [5, 5.41) is 2.85. The second-order valence-electron chi connectivity index (χ2n) is 7.28. The van der Waals surface area contributed by atoms with E-state index in [-0.39, 0.29) is 47.0 Å². The quantitative estimate of drug-likeness (QED) is 0.447. The van der Waals surface area contributed by atoms with Crippen LogP contribution < -0.4 is 25.2 Å². The van der Waals surface area contributed by atoms with Gasteiger partial charge in [0.1, 0.15) is 0 Å². The Morgan fingerprint density at radius 2 is 1.75 bits per heavy atom. The zero-order valence-corrected chi connectivity index (χ0v) is 19.5. The second-order valence-corrected chi connectivity index (χ2v) is 9.44. The Balaban J connectivity index is 2.03. The monoisotopic (exact) mass is 483 g/mol. The van der Waals surface area contributed by atoms with Gasteiger partial charge < -0.3 is 20.5 Å². The van der Waals surface area contributed by atoms with E-state index in [1.165, 1.54) is 19.2 Å². The molecule has 0 aromatic heterocycles. The minimum Gasteiger partial charge on any atom is -0.493 e. The number of hydrogen-bond acceptors (Lipinski definition) is 6. The molecule has 0 spiro atoms. The smallest absolute Gasteiger partial charge is 0.255 e. The summed E-state index contributed by atoms with van der Waals surface area (Å²) in [6.07, 6.45) is 0. The fourth-order valence-corrected chi connectivity index (χ4v) is 4.49. The fourth-order valence-electron chi connectivity index (χ4n) is 2.79. The summed E-state index contributed by atoms with van der Waals surface area (Å²) in [5.74, 6) is -0.907. The van der Waals surface area contributed by atoms with Crippen LogP contribution in [0.3, 0.4) is 0 Å². The van der Waals surface area contributed by atoms with Crippen LogP contribution in [-0.4, -0.2) is 40.0 Å². The third-order valence-corrected chi connectivity index (χ3v) is 5.92. The van der Waals surface area contributed by atoms with Gasteiger partial charge in [0.25, 0.3) is 11.8 Å². The van der Waals surface area contributed by atoms with Gasteiger partial charge in [-0.2, -0.15) is 0 Å². The van der Waals surface area contributed by atoms with Crippen molar-refractivity contribution in [2.24, 2.45) is 5.73 Å². The molecule has 0 fully saturated rings. The van der Waals surface area contributed by atoms with Crippen LogP contribution in [0, 0.1) is 0 Å². The number of halogens is 1. The second kappa shape index (κ2) is 11.2. The molecule has 0 heterocycles. The molecule has 2 rings (SSSR count). The van der Waals surface area contributed by atoms with Gasteiger partial charge in [-0.05, 0) is 37.1 Å². The number of nitrogens with one attached hydrogen (secondary N) is 2. The molecule has 0 atom stereocenters. The van der Waals surface area contributed by atoms with E-state index in [4.69, 9.17) is 26.8 Å². The average molecular weight is 484 g/mol. The van der Waals surface area contributed by atoms with E-state index in [0.29, 0.717) is 5.56 Å². The molecule has 0 aliphatic heterocycles. The first-order chi connectivity index (χ1) is 15.0. The summed E-state index contributed by atoms with van der Waals surface area (Å²) in [5.41, 5.74) is 6.73. The third kappa shape index (κ3) is 7.70. The molecule has 0 aliphatic carbocycles. The van der Waals surface area contributed by atoms with E-state index in [1.54, 1.807) is 38.1 Å². The van der Waals surface area contributed by atoms with Gasteiger partial charge in [0.2, 0.25) is 10.0 Å². The Labute approximate surface area is 192 Å². The van der Waals surface area contributed by atoms with Crippen molar-refractivity contribution < 1.29 is 27.5 Å². The number of carbonyl (C=O) groups is 2. The van der Waals surface area contributed by atoms with Crippen LogP contribution in [0.15, 0.2) is 36.4 Å². The molecule has 0 bridgehead atoms. The molecule has 32 heavy (non-hydrogen) atoms. The normalized spacial score (nSPS) is 11.3. The van der Waals surface area contributed by atoms with E-state index in [1.807, 2.05) is 0 Å². The molecular weight excluding hydrogens is 458 g/mol. The highest BCUT2D eigenvalue weighted by molar-refractivity contribution is 7.88. The number of amides is 2. The molecule has 2 amide bonds. The van der Waals surface area contributed by atoms with Gasteiger partial charge in [0.05, 0.1) is 17.9 Å². The Hall–Kier alpha value is -2.82. The van der Waals surface area contributed by atoms with Crippen molar-refractivity contribution in [1.29, 1.82) is 0 Å². The highest BCUT2D eigenvalue weighted by Crippen LogP contribution is 2.36. The maximum absolute atomic E-state index is 12.5. The standard InChI is InChI=1S/C21H26ClN3O6S/c1-13(2)25-32(28,29)12-15-6-4-14(5-7-15)10-24-21(27)16-8-17(22)20(18(9-16)30-3)31-11-19(23)26/h4-9,13,25H,10-12H2,1-3H3,(H2,23,26)(H,24,27). The Morgan fingerprint density at radius 3 is 2.31 bits per heavy atom. The molecule has 0 saturated heterocycles. The highest BCUT2D eigenvalue weighted by atomic mass is 35.5. The number of rotatable bonds is 11. The summed E-state index contributed by atoms with van der Waals surface area (Å²) in [6.45, 7) is 3.35. The van der Waals surface area contributed by atoms with Crippen LogP contribution in [0.25, 0.3) is 0 Å². The van der Waals surface area contributed by atoms with Gasteiger partial charge in [-0.15, -0.1) is 0 Å². The number of nitrogens with two attached hydrogens (primary N) is 1. The van der Waals surface area contributed by atoms with E-state index in [0.717, 1.165) is 5.56 Å². The molecule has 4 N–H and O–H groups in total. The Bertz CT molecular complexity index is 1070. The highest BCUT2D eigenvalue weighted by Gasteiger charge is 2.17. The zero-order chi connectivity index (χ0) is 23.9. The molecule has 0 unspecified atom stereocenters. The van der Waals surface area contributed by atoms with Crippen LogP contribution in [0.4, 0.5) is 0 Å². The summed E-state index contributed by atoms with van der Waals surface area (Å²) in [6, 6.07) is 9.55. The van der Waals surface area contributed by atoms with E-state index < -0.39 is 21.8 Å². The molecular formula is C21H26ClN3O6S. The topological polar surface area (TPSA) is 137 Å². The van der Waals surface area contributed by atoms with Gasteiger partial charge in [-0.1, -0.05) is 35.9 Å². The van der Waals surface area contributed by atoms with Crippen molar-refractivity contribution in [2.45, 2.75) is 32.2 Å². The van der Waals surface area contributed by atoms with Crippen LogP contribution >= 0.6 is 11.6 Å². The summed E-state index contributed by atoms with van der Waals surface area (Å²) in [4.78, 5) is 23.5. The van der Waals surface area contributed by atoms with E-state index in [9.17, 15) is 18.0 Å². The number of sulfonamides is 1. The SMILES string of the molecule is COc1cc(C(=O)NCc2ccc(CS(=O)(=O)NC(C)C)cc2)cc(Cl)c1OCC(N)=O. The fraction of sp³-hybridized carbons (Fsp3) is 0.333. The molecule has 9 nitrogen and oxygen atoms in total. The number of carbonyl (C=O) groups excluding carboxylic acids is 2. The first kappa shape index (κ1) is 25.4. The lowest BCUT2D eigenvalue weighted by molar-refractivity contribution is -0.119. The maximum Gasteiger partial charge on any atom is 0.255 e. The van der Waals surface area contributed by atoms with Crippen LogP contribution in [0.5, 0.6) is 11.5 Å². The zero-order valence-electron chi connectivity index (χ0n) is 18.0. The summed E-state index contributed by atoms with van der Waals surface area (Å²) in [7, 11) is -2.03. The number of primary amides is 1. The van der Waals surface area contributed by atoms with Crippen molar-refractivity contribution in [3.05, 3.63) is 58.1 Å². The Kier molecular flexibility index (Phi) is 8.88. The van der Waals surface area contributed by atoms with E-state index in [2.05, 4.69) is 10.0 Å². The lowest BCUT2D eigenvalue weighted by atomic mass is 10.1. The molecule has 2 aromatic rings. The number of hydrogen-bond donors (Lipinski definition) is 3. The summed E-state index contributed by atoms with van der Waals surface area (Å²) >= 11 is 6.17. The van der Waals surface area contributed by atoms with Crippen LogP contribution in [0.2, 0.25) is 5.02 Å². The first-order valence-corrected chi connectivity index (χ1v) is 11.7. The molecule has 0 radical (unpaired) electrons. The van der Waals surface area contributed by atoms with Gasteiger partial charge in [-0.25, -0.2) is 13.1 Å².